The minimum Gasteiger partial charge on any atom is -0.490 e. The van der Waals surface area contributed by atoms with E-state index in [4.69, 9.17) is 33.3 Å². The van der Waals surface area contributed by atoms with Crippen molar-refractivity contribution in [1.82, 2.24) is 14.9 Å². The second kappa shape index (κ2) is 8.79. The second-order valence-corrected chi connectivity index (χ2v) is 6.17. The van der Waals surface area contributed by atoms with Crippen LogP contribution in [0.1, 0.15) is 18.1 Å². The Hall–Kier alpha value is -2.71. The highest BCUT2D eigenvalue weighted by atomic mass is 35.5. The molecular formula is C18H16ClFN4O2S. The first-order valence-electron chi connectivity index (χ1n) is 8.07. The van der Waals surface area contributed by atoms with Crippen LogP contribution >= 0.6 is 23.8 Å². The summed E-state index contributed by atoms with van der Waals surface area (Å²) in [6.07, 6.45) is 3.09. The topological polar surface area (TPSA) is 64.4 Å². The van der Waals surface area contributed by atoms with Gasteiger partial charge in [-0.25, -0.2) is 4.39 Å². The molecule has 0 saturated heterocycles. The van der Waals surface area contributed by atoms with Gasteiger partial charge >= 0.3 is 0 Å². The van der Waals surface area contributed by atoms with Gasteiger partial charge in [0.2, 0.25) is 4.77 Å². The van der Waals surface area contributed by atoms with Gasteiger partial charge in [-0.1, -0.05) is 17.7 Å². The van der Waals surface area contributed by atoms with Crippen molar-refractivity contribution >= 4 is 30.0 Å². The lowest BCUT2D eigenvalue weighted by Gasteiger charge is -2.13. The molecule has 3 rings (SSSR count). The number of rotatable bonds is 7. The second-order valence-electron chi connectivity index (χ2n) is 5.38. The van der Waals surface area contributed by atoms with Gasteiger partial charge in [-0.2, -0.15) is 14.9 Å². The van der Waals surface area contributed by atoms with E-state index in [1.807, 2.05) is 6.92 Å². The van der Waals surface area contributed by atoms with Crippen LogP contribution in [0.15, 0.2) is 47.8 Å². The predicted octanol–water partition coefficient (Wildman–Crippen LogP) is 4.59. The average Bonchev–Trinajstić information content (AvgIpc) is 3.06. The molecule has 0 amide bonds. The quantitative estimate of drug-likeness (QED) is 0.460. The summed E-state index contributed by atoms with van der Waals surface area (Å²) in [4.78, 5) is 0. The molecule has 0 aliphatic heterocycles. The number of ether oxygens (including phenoxy) is 2. The minimum atomic E-state index is -0.416. The van der Waals surface area contributed by atoms with Crippen molar-refractivity contribution in [1.29, 1.82) is 0 Å². The maximum Gasteiger partial charge on any atom is 0.216 e. The molecular weight excluding hydrogens is 391 g/mol. The van der Waals surface area contributed by atoms with Crippen LogP contribution in [-0.4, -0.2) is 27.7 Å². The van der Waals surface area contributed by atoms with Crippen LogP contribution < -0.4 is 9.47 Å². The zero-order valence-corrected chi connectivity index (χ0v) is 15.9. The van der Waals surface area contributed by atoms with E-state index in [-0.39, 0.29) is 6.61 Å². The van der Waals surface area contributed by atoms with E-state index in [1.54, 1.807) is 36.5 Å². The summed E-state index contributed by atoms with van der Waals surface area (Å²) < 4.78 is 27.1. The Morgan fingerprint density at radius 1 is 1.30 bits per heavy atom. The minimum absolute atomic E-state index is 0.0107. The highest BCUT2D eigenvalue weighted by molar-refractivity contribution is 7.71. The molecule has 0 fully saturated rings. The third-order valence-corrected chi connectivity index (χ3v) is 4.20. The van der Waals surface area contributed by atoms with E-state index in [0.29, 0.717) is 33.5 Å². The van der Waals surface area contributed by atoms with Gasteiger partial charge in [0.15, 0.2) is 11.5 Å². The third kappa shape index (κ3) is 4.72. The first-order valence-corrected chi connectivity index (χ1v) is 8.86. The van der Waals surface area contributed by atoms with Crippen LogP contribution in [0.3, 0.4) is 0 Å². The van der Waals surface area contributed by atoms with Crippen molar-refractivity contribution in [3.05, 3.63) is 69.5 Å². The molecule has 0 saturated carbocycles. The van der Waals surface area contributed by atoms with E-state index in [1.165, 1.54) is 17.1 Å². The number of hydrogen-bond acceptors (Lipinski definition) is 5. The van der Waals surface area contributed by atoms with Crippen molar-refractivity contribution in [2.45, 2.75) is 13.5 Å². The Labute approximate surface area is 165 Å². The molecule has 1 N–H and O–H groups in total. The third-order valence-electron chi connectivity index (χ3n) is 3.57. The number of benzene rings is 2. The molecule has 27 heavy (non-hydrogen) atoms. The number of nitrogens with zero attached hydrogens (tertiary/aromatic N) is 3. The molecule has 0 radical (unpaired) electrons. The van der Waals surface area contributed by atoms with E-state index >= 15 is 0 Å². The number of nitrogens with one attached hydrogen (secondary N) is 1. The van der Waals surface area contributed by atoms with Crippen LogP contribution in [0.25, 0.3) is 0 Å². The monoisotopic (exact) mass is 406 g/mol. The fraction of sp³-hybridized carbons (Fsp3) is 0.167. The van der Waals surface area contributed by atoms with Gasteiger partial charge in [-0.15, -0.1) is 0 Å². The molecule has 2 aromatic carbocycles. The largest absolute Gasteiger partial charge is 0.490 e. The number of aromatic nitrogens is 3. The van der Waals surface area contributed by atoms with Crippen molar-refractivity contribution in [2.75, 3.05) is 6.61 Å². The summed E-state index contributed by atoms with van der Waals surface area (Å²) in [5.74, 6) is 0.582. The molecule has 0 aliphatic carbocycles. The van der Waals surface area contributed by atoms with Crippen LogP contribution in [0.4, 0.5) is 4.39 Å². The van der Waals surface area contributed by atoms with Gasteiger partial charge in [0.1, 0.15) is 18.8 Å². The van der Waals surface area contributed by atoms with Gasteiger partial charge in [0, 0.05) is 5.56 Å². The SMILES string of the molecule is CCOc1cc(/C=N\n2cn[nH]c2=S)ccc1OCc1c(F)cccc1Cl. The summed E-state index contributed by atoms with van der Waals surface area (Å²) in [6, 6.07) is 9.81. The number of hydrogen-bond donors (Lipinski definition) is 1. The highest BCUT2D eigenvalue weighted by Crippen LogP contribution is 2.30. The van der Waals surface area contributed by atoms with Gasteiger partial charge in [0.05, 0.1) is 17.8 Å². The molecule has 0 bridgehead atoms. The summed E-state index contributed by atoms with van der Waals surface area (Å²) in [5, 5.41) is 10.9. The van der Waals surface area contributed by atoms with Gasteiger partial charge in [-0.05, 0) is 55.0 Å². The molecule has 0 spiro atoms. The van der Waals surface area contributed by atoms with Crippen LogP contribution in [-0.2, 0) is 6.61 Å². The molecule has 0 atom stereocenters. The van der Waals surface area contributed by atoms with Crippen molar-refractivity contribution < 1.29 is 13.9 Å². The molecule has 0 aliphatic rings. The van der Waals surface area contributed by atoms with E-state index in [9.17, 15) is 4.39 Å². The molecule has 3 aromatic rings. The van der Waals surface area contributed by atoms with Crippen molar-refractivity contribution in [2.24, 2.45) is 5.10 Å². The summed E-state index contributed by atoms with van der Waals surface area (Å²) in [7, 11) is 0. The number of aromatic amines is 1. The Morgan fingerprint density at radius 2 is 2.15 bits per heavy atom. The maximum atomic E-state index is 13.9. The summed E-state index contributed by atoms with van der Waals surface area (Å²) in [5.41, 5.74) is 1.07. The molecule has 9 heteroatoms. The van der Waals surface area contributed by atoms with Crippen molar-refractivity contribution in [3.8, 4) is 11.5 Å². The van der Waals surface area contributed by atoms with Crippen LogP contribution in [0.5, 0.6) is 11.5 Å². The lowest BCUT2D eigenvalue weighted by Crippen LogP contribution is -2.02. The normalized spacial score (nSPS) is 11.1. The zero-order chi connectivity index (χ0) is 19.2. The molecule has 140 valence electrons. The Morgan fingerprint density at radius 3 is 2.85 bits per heavy atom. The van der Waals surface area contributed by atoms with Crippen LogP contribution in [0, 0.1) is 10.6 Å². The fourth-order valence-corrected chi connectivity index (χ4v) is 2.63. The van der Waals surface area contributed by atoms with Gasteiger partial charge in [-0.3, -0.25) is 5.10 Å². The Kier molecular flexibility index (Phi) is 6.20. The highest BCUT2D eigenvalue weighted by Gasteiger charge is 2.11. The van der Waals surface area contributed by atoms with E-state index in [0.717, 1.165) is 5.56 Å². The lowest BCUT2D eigenvalue weighted by molar-refractivity contribution is 0.266. The first-order chi connectivity index (χ1) is 13.1. The predicted molar refractivity (Wildman–Crippen MR) is 104 cm³/mol. The molecule has 6 nitrogen and oxygen atoms in total. The fourth-order valence-electron chi connectivity index (χ4n) is 2.27. The number of H-pyrrole nitrogens is 1. The molecule has 1 heterocycles. The van der Waals surface area contributed by atoms with Gasteiger partial charge in [0.25, 0.3) is 0 Å². The first kappa shape index (κ1) is 19.1. The molecule has 1 aromatic heterocycles. The average molecular weight is 407 g/mol. The number of halogens is 2. The Bertz CT molecular complexity index is 998. The smallest absolute Gasteiger partial charge is 0.216 e. The lowest BCUT2D eigenvalue weighted by atomic mass is 10.2. The zero-order valence-electron chi connectivity index (χ0n) is 14.4. The summed E-state index contributed by atoms with van der Waals surface area (Å²) >= 11 is 11.1. The summed E-state index contributed by atoms with van der Waals surface area (Å²) in [6.45, 7) is 2.30. The maximum absolute atomic E-state index is 13.9. The standard InChI is InChI=1S/C18H16ClFN4O2S/c1-2-25-17-8-12(9-22-24-11-21-23-18(24)27)6-7-16(17)26-10-13-14(19)4-3-5-15(13)20/h3-9,11H,2,10H2,1H3,(H,23,27)/b22-9-. The van der Waals surface area contributed by atoms with Crippen molar-refractivity contribution in [3.63, 3.8) is 0 Å². The van der Waals surface area contributed by atoms with Gasteiger partial charge < -0.3 is 9.47 Å². The van der Waals surface area contributed by atoms with Crippen LogP contribution in [0.2, 0.25) is 5.02 Å². The van der Waals surface area contributed by atoms with E-state index in [2.05, 4.69) is 15.3 Å². The Balaban J connectivity index is 1.80. The molecule has 0 unspecified atom stereocenters. The van der Waals surface area contributed by atoms with E-state index < -0.39 is 5.82 Å².